The van der Waals surface area contributed by atoms with E-state index >= 15 is 0 Å². The monoisotopic (exact) mass is 317 g/mol. The zero-order valence-electron chi connectivity index (χ0n) is 12.1. The number of nitrogens with one attached hydrogen (secondary N) is 1. The second-order valence-corrected chi connectivity index (χ2v) is 8.77. The van der Waals surface area contributed by atoms with Gasteiger partial charge < -0.3 is 5.32 Å². The molecule has 0 bridgehead atoms. The smallest absolute Gasteiger partial charge is 0.150 e. The van der Waals surface area contributed by atoms with Crippen molar-refractivity contribution in [1.82, 2.24) is 14.9 Å². The standard InChI is InChI=1S/C13H23N3O2S2/c1-3-7-14-13(12-9-15-16-19-12)10-5-4-6-11(8-10)20(2,17)18/h9-11,13-14H,3-8H2,1-2H3. The molecular weight excluding hydrogens is 294 g/mol. The van der Waals surface area contributed by atoms with E-state index in [0.29, 0.717) is 5.92 Å². The van der Waals surface area contributed by atoms with Crippen molar-refractivity contribution in [3.05, 3.63) is 11.1 Å². The number of sulfone groups is 1. The lowest BCUT2D eigenvalue weighted by Crippen LogP contribution is -2.35. The molecule has 7 heteroatoms. The minimum absolute atomic E-state index is 0.187. The molecule has 1 aromatic rings. The zero-order chi connectivity index (χ0) is 14.6. The molecule has 1 N–H and O–H groups in total. The van der Waals surface area contributed by atoms with Gasteiger partial charge in [-0.2, -0.15) is 0 Å². The summed E-state index contributed by atoms with van der Waals surface area (Å²) in [6.07, 6.45) is 7.84. The molecule has 114 valence electrons. The van der Waals surface area contributed by atoms with Gasteiger partial charge in [0.05, 0.1) is 16.3 Å². The lowest BCUT2D eigenvalue weighted by Gasteiger charge is -2.33. The highest BCUT2D eigenvalue weighted by Gasteiger charge is 2.34. The van der Waals surface area contributed by atoms with E-state index in [-0.39, 0.29) is 11.3 Å². The predicted octanol–water partition coefficient (Wildman–Crippen LogP) is 2.18. The Balaban J connectivity index is 2.12. The van der Waals surface area contributed by atoms with Gasteiger partial charge in [0.1, 0.15) is 9.84 Å². The summed E-state index contributed by atoms with van der Waals surface area (Å²) in [6.45, 7) is 3.07. The maximum atomic E-state index is 11.8. The maximum absolute atomic E-state index is 11.8. The average Bonchev–Trinajstić information content (AvgIpc) is 2.92. The van der Waals surface area contributed by atoms with E-state index in [0.717, 1.165) is 43.5 Å². The van der Waals surface area contributed by atoms with Crippen molar-refractivity contribution >= 4 is 21.4 Å². The number of aromatic nitrogens is 2. The molecule has 1 aromatic heterocycles. The van der Waals surface area contributed by atoms with Crippen LogP contribution in [0.25, 0.3) is 0 Å². The molecular formula is C13H23N3O2S2. The van der Waals surface area contributed by atoms with Crippen molar-refractivity contribution in [1.29, 1.82) is 0 Å². The summed E-state index contributed by atoms with van der Waals surface area (Å²) in [5.41, 5.74) is 0. The Bertz CT molecular complexity index is 502. The molecule has 0 spiro atoms. The number of nitrogens with zero attached hydrogens (tertiary/aromatic N) is 2. The van der Waals surface area contributed by atoms with Gasteiger partial charge in [0.25, 0.3) is 0 Å². The Labute approximate surface area is 125 Å². The Kier molecular flexibility index (Phi) is 5.51. The van der Waals surface area contributed by atoms with E-state index in [9.17, 15) is 8.42 Å². The van der Waals surface area contributed by atoms with Crippen LogP contribution in [0, 0.1) is 5.92 Å². The van der Waals surface area contributed by atoms with E-state index < -0.39 is 9.84 Å². The topological polar surface area (TPSA) is 72.0 Å². The molecule has 3 unspecified atom stereocenters. The molecule has 0 aromatic carbocycles. The van der Waals surface area contributed by atoms with Crippen LogP contribution < -0.4 is 5.32 Å². The average molecular weight is 317 g/mol. The van der Waals surface area contributed by atoms with Gasteiger partial charge in [-0.15, -0.1) is 5.10 Å². The van der Waals surface area contributed by atoms with E-state index in [4.69, 9.17) is 0 Å². The van der Waals surface area contributed by atoms with Gasteiger partial charge in [0, 0.05) is 12.3 Å². The van der Waals surface area contributed by atoms with Gasteiger partial charge in [-0.25, -0.2) is 8.42 Å². The first kappa shape index (κ1) is 15.9. The highest BCUT2D eigenvalue weighted by molar-refractivity contribution is 7.91. The van der Waals surface area contributed by atoms with E-state index in [2.05, 4.69) is 21.8 Å². The van der Waals surface area contributed by atoms with Crippen LogP contribution in [0.5, 0.6) is 0 Å². The number of hydrogen-bond acceptors (Lipinski definition) is 6. The summed E-state index contributed by atoms with van der Waals surface area (Å²) >= 11 is 1.41. The highest BCUT2D eigenvalue weighted by Crippen LogP contribution is 2.37. The predicted molar refractivity (Wildman–Crippen MR) is 81.5 cm³/mol. The van der Waals surface area contributed by atoms with Crippen LogP contribution in [-0.2, 0) is 9.84 Å². The molecule has 0 amide bonds. The maximum Gasteiger partial charge on any atom is 0.150 e. The van der Waals surface area contributed by atoms with Crippen LogP contribution in [0.1, 0.15) is 49.9 Å². The van der Waals surface area contributed by atoms with E-state index in [1.165, 1.54) is 17.8 Å². The third-order valence-corrected chi connectivity index (χ3v) is 6.43. The minimum atomic E-state index is -2.94. The summed E-state index contributed by atoms with van der Waals surface area (Å²) in [6, 6.07) is 0.194. The molecule has 1 saturated carbocycles. The van der Waals surface area contributed by atoms with Crippen molar-refractivity contribution in [2.24, 2.45) is 5.92 Å². The molecule has 5 nitrogen and oxygen atoms in total. The number of rotatable bonds is 6. The summed E-state index contributed by atoms with van der Waals surface area (Å²) < 4.78 is 27.6. The van der Waals surface area contributed by atoms with Crippen LogP contribution in [0.3, 0.4) is 0 Å². The molecule has 1 aliphatic carbocycles. The zero-order valence-corrected chi connectivity index (χ0v) is 13.7. The molecule has 20 heavy (non-hydrogen) atoms. The van der Waals surface area contributed by atoms with Crippen molar-refractivity contribution < 1.29 is 8.42 Å². The first-order chi connectivity index (χ1) is 9.52. The van der Waals surface area contributed by atoms with Gasteiger partial charge in [-0.3, -0.25) is 0 Å². The summed E-state index contributed by atoms with van der Waals surface area (Å²) in [5, 5.41) is 7.29. The van der Waals surface area contributed by atoms with Gasteiger partial charge >= 0.3 is 0 Å². The van der Waals surface area contributed by atoms with Gasteiger partial charge in [0.2, 0.25) is 0 Å². The van der Waals surface area contributed by atoms with Crippen molar-refractivity contribution in [2.45, 2.75) is 50.3 Å². The molecule has 1 heterocycles. The number of hydrogen-bond donors (Lipinski definition) is 1. The molecule has 1 aliphatic rings. The van der Waals surface area contributed by atoms with Gasteiger partial charge in [-0.1, -0.05) is 17.8 Å². The molecule has 0 radical (unpaired) electrons. The lowest BCUT2D eigenvalue weighted by molar-refractivity contribution is 0.275. The Morgan fingerprint density at radius 3 is 2.90 bits per heavy atom. The van der Waals surface area contributed by atoms with Crippen molar-refractivity contribution in [3.8, 4) is 0 Å². The third kappa shape index (κ3) is 3.99. The molecule has 2 rings (SSSR count). The fourth-order valence-electron chi connectivity index (χ4n) is 2.98. The third-order valence-electron chi connectivity index (χ3n) is 4.04. The Hall–Kier alpha value is -0.530. The normalized spacial score (nSPS) is 25.5. The quantitative estimate of drug-likeness (QED) is 0.870. The van der Waals surface area contributed by atoms with Crippen molar-refractivity contribution in [2.75, 3.05) is 12.8 Å². The molecule has 3 atom stereocenters. The Morgan fingerprint density at radius 2 is 2.30 bits per heavy atom. The highest BCUT2D eigenvalue weighted by atomic mass is 32.2. The summed E-state index contributed by atoms with van der Waals surface area (Å²) in [4.78, 5) is 1.12. The fourth-order valence-corrected chi connectivity index (χ4v) is 4.85. The first-order valence-corrected chi connectivity index (χ1v) is 9.94. The fraction of sp³-hybridized carbons (Fsp3) is 0.846. The van der Waals surface area contributed by atoms with Gasteiger partial charge in [0.15, 0.2) is 0 Å². The van der Waals surface area contributed by atoms with E-state index in [1.54, 1.807) is 0 Å². The Morgan fingerprint density at radius 1 is 1.50 bits per heavy atom. The largest absolute Gasteiger partial charge is 0.309 e. The second-order valence-electron chi connectivity index (χ2n) is 5.63. The SMILES string of the molecule is CCCNC(c1cnns1)C1CCCC(S(C)(=O)=O)C1. The summed E-state index contributed by atoms with van der Waals surface area (Å²) in [7, 11) is -2.94. The minimum Gasteiger partial charge on any atom is -0.309 e. The van der Waals surface area contributed by atoms with Crippen LogP contribution in [-0.4, -0.2) is 36.1 Å². The molecule has 0 saturated heterocycles. The molecule has 1 fully saturated rings. The van der Waals surface area contributed by atoms with Crippen LogP contribution >= 0.6 is 11.5 Å². The first-order valence-electron chi connectivity index (χ1n) is 7.22. The van der Waals surface area contributed by atoms with Crippen LogP contribution in [0.15, 0.2) is 6.20 Å². The molecule has 0 aliphatic heterocycles. The van der Waals surface area contributed by atoms with E-state index in [1.807, 2.05) is 6.20 Å². The van der Waals surface area contributed by atoms with Gasteiger partial charge in [-0.05, 0) is 49.7 Å². The van der Waals surface area contributed by atoms with Crippen molar-refractivity contribution in [3.63, 3.8) is 0 Å². The van der Waals surface area contributed by atoms with Crippen LogP contribution in [0.2, 0.25) is 0 Å². The lowest BCUT2D eigenvalue weighted by atomic mass is 9.83. The second kappa shape index (κ2) is 6.95. The van der Waals surface area contributed by atoms with Crippen LogP contribution in [0.4, 0.5) is 0 Å². The summed E-state index contributed by atoms with van der Waals surface area (Å²) in [5.74, 6) is 0.359.